The number of hydrogen-bond donors (Lipinski definition) is 4. The smallest absolute Gasteiger partial charge is 0.337 e. The molecule has 0 atom stereocenters. The molecule has 0 aliphatic heterocycles. The van der Waals surface area contributed by atoms with Crippen LogP contribution in [0.4, 0.5) is 16.2 Å². The largest absolute Gasteiger partial charge is 0.478 e. The van der Waals surface area contributed by atoms with Crippen LogP contribution in [0.25, 0.3) is 0 Å². The summed E-state index contributed by atoms with van der Waals surface area (Å²) in [5.74, 6) is -0.994. The summed E-state index contributed by atoms with van der Waals surface area (Å²) in [5, 5.41) is 11.5. The Morgan fingerprint density at radius 2 is 1.55 bits per heavy atom. The van der Waals surface area contributed by atoms with Crippen LogP contribution in [-0.4, -0.2) is 17.1 Å². The Kier molecular flexibility index (Phi) is 4.63. The van der Waals surface area contributed by atoms with Crippen LogP contribution in [0.3, 0.4) is 0 Å². The molecule has 2 aromatic rings. The van der Waals surface area contributed by atoms with Crippen molar-refractivity contribution in [2.45, 2.75) is 13.8 Å². The molecule has 0 saturated heterocycles. The number of hydrogen-bond acceptors (Lipinski definition) is 3. The van der Waals surface area contributed by atoms with Gasteiger partial charge in [0.25, 0.3) is 0 Å². The first-order valence-electron chi connectivity index (χ1n) is 6.69. The molecular weight excluding hydrogens is 282 g/mol. The van der Waals surface area contributed by atoms with Crippen molar-refractivity contribution < 1.29 is 14.7 Å². The Morgan fingerprint density at radius 3 is 2.14 bits per heavy atom. The van der Waals surface area contributed by atoms with Gasteiger partial charge >= 0.3 is 12.0 Å². The van der Waals surface area contributed by atoms with E-state index in [1.54, 1.807) is 12.1 Å². The lowest BCUT2D eigenvalue weighted by molar-refractivity contribution is 0.0697. The van der Waals surface area contributed by atoms with Crippen LogP contribution in [0.5, 0.6) is 0 Å². The van der Waals surface area contributed by atoms with Crippen LogP contribution in [0.1, 0.15) is 21.5 Å². The average molecular weight is 299 g/mol. The van der Waals surface area contributed by atoms with Gasteiger partial charge < -0.3 is 10.4 Å². The van der Waals surface area contributed by atoms with E-state index >= 15 is 0 Å². The Labute approximate surface area is 128 Å². The summed E-state index contributed by atoms with van der Waals surface area (Å²) in [6, 6.07) is 11.3. The number of benzene rings is 2. The van der Waals surface area contributed by atoms with Gasteiger partial charge in [-0.3, -0.25) is 10.9 Å². The minimum Gasteiger partial charge on any atom is -0.478 e. The number of aromatic carboxylic acids is 1. The van der Waals surface area contributed by atoms with Gasteiger partial charge in [0.1, 0.15) is 0 Å². The van der Waals surface area contributed by atoms with Crippen molar-refractivity contribution >= 4 is 23.4 Å². The first kappa shape index (κ1) is 15.4. The molecule has 4 N–H and O–H groups in total. The fourth-order valence-electron chi connectivity index (χ4n) is 1.81. The van der Waals surface area contributed by atoms with Gasteiger partial charge in [-0.1, -0.05) is 6.07 Å². The topological polar surface area (TPSA) is 90.5 Å². The summed E-state index contributed by atoms with van der Waals surface area (Å²) in [7, 11) is 0. The molecule has 0 heterocycles. The number of urea groups is 1. The number of nitrogens with one attached hydrogen (secondary N) is 3. The van der Waals surface area contributed by atoms with Crippen LogP contribution < -0.4 is 16.2 Å². The molecule has 0 aliphatic rings. The van der Waals surface area contributed by atoms with Crippen molar-refractivity contribution in [2.24, 2.45) is 0 Å². The second-order valence-electron chi connectivity index (χ2n) is 4.89. The summed E-state index contributed by atoms with van der Waals surface area (Å²) in [6.07, 6.45) is 0. The number of aryl methyl sites for hydroxylation is 2. The SMILES string of the molecule is Cc1ccc(NC(=O)NNc2ccc(C(=O)O)cc2)cc1C. The van der Waals surface area contributed by atoms with Gasteiger partial charge in [-0.05, 0) is 61.4 Å². The molecule has 0 radical (unpaired) electrons. The molecule has 2 aromatic carbocycles. The van der Waals surface area contributed by atoms with Crippen LogP contribution in [0.15, 0.2) is 42.5 Å². The third kappa shape index (κ3) is 3.99. The second-order valence-corrected chi connectivity index (χ2v) is 4.89. The van der Waals surface area contributed by atoms with Crippen LogP contribution in [0, 0.1) is 13.8 Å². The molecular formula is C16H17N3O3. The van der Waals surface area contributed by atoms with Crippen LogP contribution >= 0.6 is 0 Å². The van der Waals surface area contributed by atoms with Crippen LogP contribution in [-0.2, 0) is 0 Å². The fraction of sp³-hybridized carbons (Fsp3) is 0.125. The highest BCUT2D eigenvalue weighted by Crippen LogP contribution is 2.14. The van der Waals surface area contributed by atoms with Crippen molar-refractivity contribution in [1.82, 2.24) is 5.43 Å². The van der Waals surface area contributed by atoms with E-state index in [9.17, 15) is 9.59 Å². The molecule has 0 aliphatic carbocycles. The molecule has 6 nitrogen and oxygen atoms in total. The molecule has 2 rings (SSSR count). The summed E-state index contributed by atoms with van der Waals surface area (Å²) in [5.41, 5.74) is 8.90. The fourth-order valence-corrected chi connectivity index (χ4v) is 1.81. The van der Waals surface area contributed by atoms with Crippen molar-refractivity contribution in [3.05, 3.63) is 59.2 Å². The Bertz CT molecular complexity index is 696. The van der Waals surface area contributed by atoms with E-state index < -0.39 is 12.0 Å². The molecule has 2 amide bonds. The normalized spacial score (nSPS) is 9.91. The van der Waals surface area contributed by atoms with Gasteiger partial charge in [-0.15, -0.1) is 0 Å². The molecule has 0 unspecified atom stereocenters. The lowest BCUT2D eigenvalue weighted by atomic mass is 10.1. The van der Waals surface area contributed by atoms with E-state index in [0.29, 0.717) is 11.4 Å². The van der Waals surface area contributed by atoms with Gasteiger partial charge in [-0.2, -0.15) is 0 Å². The summed E-state index contributed by atoms with van der Waals surface area (Å²) < 4.78 is 0. The first-order valence-corrected chi connectivity index (χ1v) is 6.69. The maximum absolute atomic E-state index is 11.8. The highest BCUT2D eigenvalue weighted by Gasteiger charge is 2.04. The molecule has 6 heteroatoms. The Hall–Kier alpha value is -3.02. The zero-order valence-electron chi connectivity index (χ0n) is 12.3. The number of hydrazine groups is 1. The number of carbonyl (C=O) groups is 2. The van der Waals surface area contributed by atoms with Gasteiger partial charge in [0.2, 0.25) is 0 Å². The molecule has 0 spiro atoms. The van der Waals surface area contributed by atoms with Crippen molar-refractivity contribution in [3.8, 4) is 0 Å². The molecule has 0 saturated carbocycles. The van der Waals surface area contributed by atoms with E-state index in [4.69, 9.17) is 5.11 Å². The Balaban J connectivity index is 1.89. The minimum atomic E-state index is -0.994. The third-order valence-electron chi connectivity index (χ3n) is 3.22. The van der Waals surface area contributed by atoms with Crippen molar-refractivity contribution in [3.63, 3.8) is 0 Å². The number of carbonyl (C=O) groups excluding carboxylic acids is 1. The molecule has 0 aromatic heterocycles. The maximum atomic E-state index is 11.8. The van der Waals surface area contributed by atoms with Gasteiger partial charge in [0, 0.05) is 5.69 Å². The highest BCUT2D eigenvalue weighted by molar-refractivity contribution is 5.90. The van der Waals surface area contributed by atoms with E-state index in [-0.39, 0.29) is 5.56 Å². The van der Waals surface area contributed by atoms with E-state index in [0.717, 1.165) is 11.1 Å². The molecule has 0 bridgehead atoms. The lowest BCUT2D eigenvalue weighted by Gasteiger charge is -2.11. The molecule has 22 heavy (non-hydrogen) atoms. The standard InChI is InChI=1S/C16H17N3O3/c1-10-3-6-14(9-11(10)2)17-16(22)19-18-13-7-4-12(5-8-13)15(20)21/h3-9,18H,1-2H3,(H,20,21)(H2,17,19,22). The van der Waals surface area contributed by atoms with Crippen molar-refractivity contribution in [2.75, 3.05) is 10.7 Å². The quantitative estimate of drug-likeness (QED) is 0.653. The minimum absolute atomic E-state index is 0.185. The Morgan fingerprint density at radius 1 is 0.909 bits per heavy atom. The summed E-state index contributed by atoms with van der Waals surface area (Å²) in [6.45, 7) is 3.97. The summed E-state index contributed by atoms with van der Waals surface area (Å²) >= 11 is 0. The van der Waals surface area contributed by atoms with Gasteiger partial charge in [0.05, 0.1) is 11.3 Å². The molecule has 114 valence electrons. The zero-order valence-corrected chi connectivity index (χ0v) is 12.3. The molecule has 0 fully saturated rings. The van der Waals surface area contributed by atoms with Crippen LogP contribution in [0.2, 0.25) is 0 Å². The van der Waals surface area contributed by atoms with Gasteiger partial charge in [-0.25, -0.2) is 9.59 Å². The van der Waals surface area contributed by atoms with Gasteiger partial charge in [0.15, 0.2) is 0 Å². The number of amides is 2. The zero-order chi connectivity index (χ0) is 16.1. The van der Waals surface area contributed by atoms with E-state index in [1.165, 1.54) is 12.1 Å². The van der Waals surface area contributed by atoms with E-state index in [2.05, 4.69) is 16.2 Å². The lowest BCUT2D eigenvalue weighted by Crippen LogP contribution is -2.33. The second kappa shape index (κ2) is 6.62. The first-order chi connectivity index (χ1) is 10.5. The highest BCUT2D eigenvalue weighted by atomic mass is 16.4. The third-order valence-corrected chi connectivity index (χ3v) is 3.22. The average Bonchev–Trinajstić information content (AvgIpc) is 2.49. The van der Waals surface area contributed by atoms with Crippen molar-refractivity contribution in [1.29, 1.82) is 0 Å². The number of carboxylic acids is 1. The number of rotatable bonds is 4. The predicted octanol–water partition coefficient (Wildman–Crippen LogP) is 3.15. The number of anilines is 2. The number of carboxylic acid groups (broad SMARTS) is 1. The monoisotopic (exact) mass is 299 g/mol. The summed E-state index contributed by atoms with van der Waals surface area (Å²) in [4.78, 5) is 22.5. The maximum Gasteiger partial charge on any atom is 0.337 e. The predicted molar refractivity (Wildman–Crippen MR) is 85.1 cm³/mol. The van der Waals surface area contributed by atoms with E-state index in [1.807, 2.05) is 32.0 Å².